The van der Waals surface area contributed by atoms with E-state index in [1.807, 2.05) is 0 Å². The van der Waals surface area contributed by atoms with Crippen molar-refractivity contribution in [2.24, 2.45) is 5.92 Å². The van der Waals surface area contributed by atoms with Crippen LogP contribution in [0.15, 0.2) is 0 Å². The average molecular weight is 186 g/mol. The van der Waals surface area contributed by atoms with Crippen LogP contribution in [0.4, 0.5) is 0 Å². The third-order valence-corrected chi connectivity index (χ3v) is 3.06. The molecular weight excluding hydrogens is 164 g/mol. The van der Waals surface area contributed by atoms with Gasteiger partial charge < -0.3 is 9.84 Å². The Hall–Kier alpha value is -0.0800. The van der Waals surface area contributed by atoms with Crippen molar-refractivity contribution in [2.75, 3.05) is 13.7 Å². The molecule has 1 N–H and O–H groups in total. The maximum absolute atomic E-state index is 9.85. The lowest BCUT2D eigenvalue weighted by Gasteiger charge is -2.20. The molecule has 1 rings (SSSR count). The number of hydrogen-bond acceptors (Lipinski definition) is 2. The first-order chi connectivity index (χ1) is 6.34. The number of aliphatic hydroxyl groups excluding tert-OH is 1. The van der Waals surface area contributed by atoms with E-state index >= 15 is 0 Å². The minimum absolute atomic E-state index is 0.127. The first-order valence-corrected chi connectivity index (χ1v) is 5.51. The zero-order valence-electron chi connectivity index (χ0n) is 8.67. The lowest BCUT2D eigenvalue weighted by molar-refractivity contribution is 0.0602. The van der Waals surface area contributed by atoms with Gasteiger partial charge in [-0.25, -0.2) is 0 Å². The van der Waals surface area contributed by atoms with Crippen molar-refractivity contribution in [2.45, 2.75) is 51.0 Å². The fourth-order valence-corrected chi connectivity index (χ4v) is 2.17. The molecule has 0 heterocycles. The molecule has 0 amide bonds. The van der Waals surface area contributed by atoms with Crippen molar-refractivity contribution in [1.82, 2.24) is 0 Å². The lowest BCUT2D eigenvalue weighted by Crippen LogP contribution is -2.21. The second kappa shape index (κ2) is 6.39. The van der Waals surface area contributed by atoms with Crippen LogP contribution in [0.3, 0.4) is 0 Å². The maximum atomic E-state index is 9.85. The van der Waals surface area contributed by atoms with Gasteiger partial charge in [-0.05, 0) is 25.2 Å². The third-order valence-electron chi connectivity index (χ3n) is 3.06. The zero-order valence-corrected chi connectivity index (χ0v) is 8.67. The van der Waals surface area contributed by atoms with Crippen molar-refractivity contribution in [3.05, 3.63) is 0 Å². The third kappa shape index (κ3) is 4.10. The summed E-state index contributed by atoms with van der Waals surface area (Å²) in [5.74, 6) is 0.539. The quantitative estimate of drug-likeness (QED) is 0.683. The van der Waals surface area contributed by atoms with Crippen LogP contribution in [0.25, 0.3) is 0 Å². The minimum atomic E-state index is -0.127. The zero-order chi connectivity index (χ0) is 9.52. The van der Waals surface area contributed by atoms with E-state index in [0.29, 0.717) is 12.5 Å². The molecule has 13 heavy (non-hydrogen) atoms. The summed E-state index contributed by atoms with van der Waals surface area (Å²) in [6.07, 6.45) is 8.42. The van der Waals surface area contributed by atoms with E-state index in [4.69, 9.17) is 4.74 Å². The molecule has 0 aliphatic heterocycles. The normalized spacial score (nSPS) is 22.6. The van der Waals surface area contributed by atoms with Crippen molar-refractivity contribution in [3.8, 4) is 0 Å². The van der Waals surface area contributed by atoms with E-state index in [0.717, 1.165) is 6.42 Å². The van der Waals surface area contributed by atoms with Crippen LogP contribution < -0.4 is 0 Å². The molecule has 1 saturated carbocycles. The summed E-state index contributed by atoms with van der Waals surface area (Å²) in [4.78, 5) is 0. The molecular formula is C11H22O2. The summed E-state index contributed by atoms with van der Waals surface area (Å²) < 4.78 is 4.97. The van der Waals surface area contributed by atoms with Gasteiger partial charge in [0.05, 0.1) is 6.10 Å². The molecule has 2 nitrogen and oxygen atoms in total. The summed E-state index contributed by atoms with van der Waals surface area (Å²) in [5, 5.41) is 9.85. The van der Waals surface area contributed by atoms with Gasteiger partial charge in [0, 0.05) is 13.7 Å². The summed E-state index contributed by atoms with van der Waals surface area (Å²) in [6.45, 7) is 0.692. The maximum Gasteiger partial charge on any atom is 0.0590 e. The molecule has 0 aromatic rings. The largest absolute Gasteiger partial charge is 0.393 e. The molecule has 1 atom stereocenters. The van der Waals surface area contributed by atoms with E-state index < -0.39 is 0 Å². The van der Waals surface area contributed by atoms with Crippen molar-refractivity contribution < 1.29 is 9.84 Å². The topological polar surface area (TPSA) is 29.5 Å². The van der Waals surface area contributed by atoms with Gasteiger partial charge in [-0.15, -0.1) is 0 Å². The van der Waals surface area contributed by atoms with Gasteiger partial charge in [-0.1, -0.05) is 25.7 Å². The highest BCUT2D eigenvalue weighted by Gasteiger charge is 2.19. The SMILES string of the molecule is COCCC(O)C1CCCCCC1. The molecule has 0 saturated heterocycles. The lowest BCUT2D eigenvalue weighted by atomic mass is 9.92. The highest BCUT2D eigenvalue weighted by Crippen LogP contribution is 2.26. The Morgan fingerprint density at radius 1 is 1.23 bits per heavy atom. The smallest absolute Gasteiger partial charge is 0.0590 e. The minimum Gasteiger partial charge on any atom is -0.393 e. The molecule has 2 heteroatoms. The summed E-state index contributed by atoms with van der Waals surface area (Å²) in [6, 6.07) is 0. The predicted octanol–water partition coefficient (Wildman–Crippen LogP) is 2.35. The molecule has 78 valence electrons. The highest BCUT2D eigenvalue weighted by atomic mass is 16.5. The van der Waals surface area contributed by atoms with Crippen molar-refractivity contribution >= 4 is 0 Å². The Kier molecular flexibility index (Phi) is 5.40. The molecule has 0 bridgehead atoms. The fraction of sp³-hybridized carbons (Fsp3) is 1.00. The Balaban J connectivity index is 2.22. The van der Waals surface area contributed by atoms with Crippen molar-refractivity contribution in [1.29, 1.82) is 0 Å². The first-order valence-electron chi connectivity index (χ1n) is 5.51. The second-order valence-corrected chi connectivity index (χ2v) is 4.10. The van der Waals surface area contributed by atoms with Crippen LogP contribution in [0.5, 0.6) is 0 Å². The number of ether oxygens (including phenoxy) is 1. The number of aliphatic hydroxyl groups is 1. The molecule has 0 spiro atoms. The molecule has 0 aromatic heterocycles. The summed E-state index contributed by atoms with van der Waals surface area (Å²) in [7, 11) is 1.69. The van der Waals surface area contributed by atoms with Gasteiger partial charge in [-0.3, -0.25) is 0 Å². The van der Waals surface area contributed by atoms with Crippen LogP contribution >= 0.6 is 0 Å². The average Bonchev–Trinajstić information content (AvgIpc) is 2.42. The van der Waals surface area contributed by atoms with Gasteiger partial charge in [0.25, 0.3) is 0 Å². The van der Waals surface area contributed by atoms with Crippen LogP contribution in [0, 0.1) is 5.92 Å². The van der Waals surface area contributed by atoms with Gasteiger partial charge in [-0.2, -0.15) is 0 Å². The number of hydrogen-bond donors (Lipinski definition) is 1. The Morgan fingerprint density at radius 2 is 1.85 bits per heavy atom. The van der Waals surface area contributed by atoms with Gasteiger partial charge in [0.15, 0.2) is 0 Å². The van der Waals surface area contributed by atoms with Gasteiger partial charge in [0.2, 0.25) is 0 Å². The van der Waals surface area contributed by atoms with E-state index in [-0.39, 0.29) is 6.10 Å². The fourth-order valence-electron chi connectivity index (χ4n) is 2.17. The van der Waals surface area contributed by atoms with Crippen LogP contribution in [0.1, 0.15) is 44.9 Å². The molecule has 0 radical (unpaired) electrons. The van der Waals surface area contributed by atoms with Crippen molar-refractivity contribution in [3.63, 3.8) is 0 Å². The highest BCUT2D eigenvalue weighted by molar-refractivity contribution is 4.71. The standard InChI is InChI=1S/C11H22O2/c1-13-9-8-11(12)10-6-4-2-3-5-7-10/h10-12H,2-9H2,1H3. The number of methoxy groups -OCH3 is 1. The Morgan fingerprint density at radius 3 is 2.38 bits per heavy atom. The monoisotopic (exact) mass is 186 g/mol. The van der Waals surface area contributed by atoms with E-state index in [9.17, 15) is 5.11 Å². The van der Waals surface area contributed by atoms with E-state index in [2.05, 4.69) is 0 Å². The summed E-state index contributed by atoms with van der Waals surface area (Å²) in [5.41, 5.74) is 0. The molecule has 1 aliphatic rings. The van der Waals surface area contributed by atoms with Crippen LogP contribution in [-0.2, 0) is 4.74 Å². The molecule has 1 unspecified atom stereocenters. The van der Waals surface area contributed by atoms with E-state index in [1.54, 1.807) is 7.11 Å². The first kappa shape index (κ1) is 11.0. The Labute approximate surface area is 81.3 Å². The number of rotatable bonds is 4. The van der Waals surface area contributed by atoms with Crippen LogP contribution in [0.2, 0.25) is 0 Å². The van der Waals surface area contributed by atoms with Gasteiger partial charge in [0.1, 0.15) is 0 Å². The van der Waals surface area contributed by atoms with Gasteiger partial charge >= 0.3 is 0 Å². The molecule has 0 aromatic carbocycles. The Bertz CT molecular complexity index is 117. The second-order valence-electron chi connectivity index (χ2n) is 4.10. The molecule has 1 fully saturated rings. The summed E-state index contributed by atoms with van der Waals surface area (Å²) >= 11 is 0. The van der Waals surface area contributed by atoms with E-state index in [1.165, 1.54) is 38.5 Å². The molecule has 1 aliphatic carbocycles. The van der Waals surface area contributed by atoms with Crippen LogP contribution in [-0.4, -0.2) is 24.9 Å². The predicted molar refractivity (Wildman–Crippen MR) is 53.7 cm³/mol.